The van der Waals surface area contributed by atoms with Crippen LogP contribution in [-0.4, -0.2) is 66.4 Å². The van der Waals surface area contributed by atoms with E-state index < -0.39 is 6.16 Å². The monoisotopic (exact) mass is 400 g/mol. The predicted molar refractivity (Wildman–Crippen MR) is 119 cm³/mol. The zero-order valence-corrected chi connectivity index (χ0v) is 20.0. The molecule has 0 fully saturated rings. The minimum Gasteiger partial charge on any atom is -0.434 e. The Morgan fingerprint density at radius 2 is 0.893 bits per heavy atom. The van der Waals surface area contributed by atoms with Crippen LogP contribution in [0.1, 0.15) is 93.9 Å². The third-order valence-corrected chi connectivity index (χ3v) is 5.21. The first-order chi connectivity index (χ1) is 13.2. The third kappa shape index (κ3) is 13.4. The van der Waals surface area contributed by atoms with E-state index in [1.807, 2.05) is 0 Å². The Morgan fingerprint density at radius 1 is 0.571 bits per heavy atom. The van der Waals surface area contributed by atoms with Crippen molar-refractivity contribution in [1.29, 1.82) is 0 Å². The summed E-state index contributed by atoms with van der Waals surface area (Å²) in [7, 11) is 0. The minimum absolute atomic E-state index is 0.458. The molecule has 0 aliphatic rings. The second kappa shape index (κ2) is 16.0. The van der Waals surface area contributed by atoms with Crippen molar-refractivity contribution in [2.45, 2.75) is 118 Å². The molecule has 0 spiro atoms. The first-order valence-electron chi connectivity index (χ1n) is 11.5. The van der Waals surface area contributed by atoms with Gasteiger partial charge in [0.2, 0.25) is 0 Å². The summed E-state index contributed by atoms with van der Waals surface area (Å²) in [6, 6.07) is 2.30. The second-order valence-electron chi connectivity index (χ2n) is 8.92. The SMILES string of the molecule is CC(C)N(CCCCCOC(=O)OCCCCCN(C(C)C)C(C)C)C(C)C. The fourth-order valence-corrected chi connectivity index (χ4v) is 3.72. The molecule has 0 aliphatic carbocycles. The highest BCUT2D eigenvalue weighted by molar-refractivity contribution is 5.59. The molecule has 0 saturated carbocycles. The van der Waals surface area contributed by atoms with Crippen molar-refractivity contribution in [3.63, 3.8) is 0 Å². The Kier molecular flexibility index (Phi) is 15.6. The van der Waals surface area contributed by atoms with Crippen LogP contribution < -0.4 is 0 Å². The van der Waals surface area contributed by atoms with Crippen LogP contribution in [0.15, 0.2) is 0 Å². The van der Waals surface area contributed by atoms with Crippen LogP contribution in [0.5, 0.6) is 0 Å². The number of nitrogens with zero attached hydrogens (tertiary/aromatic N) is 2. The first-order valence-corrected chi connectivity index (χ1v) is 11.5. The van der Waals surface area contributed by atoms with E-state index in [0.29, 0.717) is 37.4 Å². The molecule has 168 valence electrons. The van der Waals surface area contributed by atoms with Crippen LogP contribution in [0.4, 0.5) is 4.79 Å². The van der Waals surface area contributed by atoms with E-state index in [-0.39, 0.29) is 0 Å². The van der Waals surface area contributed by atoms with Crippen molar-refractivity contribution in [2.24, 2.45) is 0 Å². The molecule has 0 saturated heterocycles. The highest BCUT2D eigenvalue weighted by Gasteiger charge is 2.13. The van der Waals surface area contributed by atoms with Crippen LogP contribution in [0, 0.1) is 0 Å². The van der Waals surface area contributed by atoms with E-state index in [1.165, 1.54) is 0 Å². The molecule has 0 aromatic carbocycles. The lowest BCUT2D eigenvalue weighted by Crippen LogP contribution is -2.37. The van der Waals surface area contributed by atoms with E-state index in [1.54, 1.807) is 0 Å². The van der Waals surface area contributed by atoms with Crippen molar-refractivity contribution in [3.8, 4) is 0 Å². The lowest BCUT2D eigenvalue weighted by molar-refractivity contribution is 0.0524. The van der Waals surface area contributed by atoms with Crippen LogP contribution in [-0.2, 0) is 9.47 Å². The quantitative estimate of drug-likeness (QED) is 0.245. The van der Waals surface area contributed by atoms with Crippen molar-refractivity contribution < 1.29 is 14.3 Å². The maximum absolute atomic E-state index is 11.6. The number of carbonyl (C=O) groups is 1. The van der Waals surface area contributed by atoms with E-state index in [2.05, 4.69) is 65.2 Å². The summed E-state index contributed by atoms with van der Waals surface area (Å²) in [6.07, 6.45) is 5.71. The van der Waals surface area contributed by atoms with Gasteiger partial charge in [-0.2, -0.15) is 0 Å². The Morgan fingerprint density at radius 3 is 1.18 bits per heavy atom. The molecule has 0 bridgehead atoms. The number of rotatable bonds is 16. The summed E-state index contributed by atoms with van der Waals surface area (Å²) in [5.41, 5.74) is 0. The summed E-state index contributed by atoms with van der Waals surface area (Å²) in [5, 5.41) is 0. The second-order valence-corrected chi connectivity index (χ2v) is 8.92. The minimum atomic E-state index is -0.517. The Hall–Kier alpha value is -0.810. The summed E-state index contributed by atoms with van der Waals surface area (Å²) in [6.45, 7) is 21.0. The van der Waals surface area contributed by atoms with Gasteiger partial charge >= 0.3 is 6.16 Å². The molecule has 28 heavy (non-hydrogen) atoms. The third-order valence-electron chi connectivity index (χ3n) is 5.21. The van der Waals surface area contributed by atoms with Crippen LogP contribution in [0.25, 0.3) is 0 Å². The number of ether oxygens (including phenoxy) is 2. The fourth-order valence-electron chi connectivity index (χ4n) is 3.72. The fraction of sp³-hybridized carbons (Fsp3) is 0.957. The molecule has 0 N–H and O–H groups in total. The van der Waals surface area contributed by atoms with Crippen LogP contribution in [0.2, 0.25) is 0 Å². The standard InChI is InChI=1S/C23H48N2O3/c1-19(2)24(20(3)4)15-11-9-13-17-27-23(26)28-18-14-10-12-16-25(21(5)6)22(7)8/h19-22H,9-18H2,1-8H3. The normalized spacial score (nSPS) is 12.2. The van der Waals surface area contributed by atoms with Crippen LogP contribution >= 0.6 is 0 Å². The van der Waals surface area contributed by atoms with E-state index in [9.17, 15) is 4.79 Å². The molecule has 0 radical (unpaired) electrons. The Labute approximate surface area is 175 Å². The summed E-state index contributed by atoms with van der Waals surface area (Å²) in [5.74, 6) is 0. The zero-order valence-electron chi connectivity index (χ0n) is 20.0. The van der Waals surface area contributed by atoms with Gasteiger partial charge in [-0.15, -0.1) is 0 Å². The van der Waals surface area contributed by atoms with Gasteiger partial charge in [-0.25, -0.2) is 4.79 Å². The molecule has 5 heteroatoms. The number of carbonyl (C=O) groups excluding carboxylic acids is 1. The van der Waals surface area contributed by atoms with Gasteiger partial charge in [0.1, 0.15) is 0 Å². The smallest absolute Gasteiger partial charge is 0.434 e. The van der Waals surface area contributed by atoms with Crippen molar-refractivity contribution in [2.75, 3.05) is 26.3 Å². The van der Waals surface area contributed by atoms with Gasteiger partial charge in [0.05, 0.1) is 13.2 Å². The number of hydrogen-bond donors (Lipinski definition) is 0. The molecule has 0 heterocycles. The molecule has 5 nitrogen and oxygen atoms in total. The van der Waals surface area contributed by atoms with E-state index >= 15 is 0 Å². The number of unbranched alkanes of at least 4 members (excludes halogenated alkanes) is 4. The van der Waals surface area contributed by atoms with Crippen LogP contribution in [0.3, 0.4) is 0 Å². The van der Waals surface area contributed by atoms with Gasteiger partial charge in [-0.1, -0.05) is 0 Å². The van der Waals surface area contributed by atoms with Gasteiger partial charge in [0.25, 0.3) is 0 Å². The van der Waals surface area contributed by atoms with E-state index in [4.69, 9.17) is 9.47 Å². The molecule has 0 aromatic heterocycles. The van der Waals surface area contributed by atoms with Crippen molar-refractivity contribution >= 4 is 6.16 Å². The molecule has 0 amide bonds. The molecule has 0 atom stereocenters. The highest BCUT2D eigenvalue weighted by Crippen LogP contribution is 2.09. The first kappa shape index (κ1) is 27.2. The van der Waals surface area contributed by atoms with Gasteiger partial charge in [0, 0.05) is 24.2 Å². The average Bonchev–Trinajstić information content (AvgIpc) is 2.58. The lowest BCUT2D eigenvalue weighted by Gasteiger charge is -2.30. The molecule has 0 unspecified atom stereocenters. The molecule has 0 aromatic rings. The molecule has 0 aliphatic heterocycles. The van der Waals surface area contributed by atoms with Gasteiger partial charge in [-0.05, 0) is 107 Å². The largest absolute Gasteiger partial charge is 0.508 e. The van der Waals surface area contributed by atoms with E-state index in [0.717, 1.165) is 51.6 Å². The molecule has 0 rings (SSSR count). The Bertz CT molecular complexity index is 334. The summed E-state index contributed by atoms with van der Waals surface area (Å²) >= 11 is 0. The Balaban J connectivity index is 3.61. The van der Waals surface area contributed by atoms with Crippen molar-refractivity contribution in [3.05, 3.63) is 0 Å². The topological polar surface area (TPSA) is 42.0 Å². The van der Waals surface area contributed by atoms with Crippen molar-refractivity contribution in [1.82, 2.24) is 9.80 Å². The molecular weight excluding hydrogens is 352 g/mol. The maximum atomic E-state index is 11.6. The lowest BCUT2D eigenvalue weighted by atomic mass is 10.2. The van der Waals surface area contributed by atoms with Gasteiger partial charge in [0.15, 0.2) is 0 Å². The zero-order chi connectivity index (χ0) is 21.5. The maximum Gasteiger partial charge on any atom is 0.508 e. The average molecular weight is 401 g/mol. The van der Waals surface area contributed by atoms with Gasteiger partial charge in [-0.3, -0.25) is 9.80 Å². The van der Waals surface area contributed by atoms with Gasteiger partial charge < -0.3 is 9.47 Å². The summed E-state index contributed by atoms with van der Waals surface area (Å²) in [4.78, 5) is 16.6. The molecular formula is C23H48N2O3. The predicted octanol–water partition coefficient (Wildman–Crippen LogP) is 5.72. The number of hydrogen-bond acceptors (Lipinski definition) is 5. The highest BCUT2D eigenvalue weighted by atomic mass is 16.7. The summed E-state index contributed by atoms with van der Waals surface area (Å²) < 4.78 is 10.3.